The average molecular weight is 83.1 g/mol. The van der Waals surface area contributed by atoms with Crippen LogP contribution in [0.4, 0.5) is 0 Å². The number of hydrogen-bond donors (Lipinski definition) is 0. The molecule has 0 saturated heterocycles. The van der Waals surface area contributed by atoms with E-state index in [0.717, 1.165) is 0 Å². The Bertz CT molecular complexity index is 100. The number of nitroso groups, excluding NO2 is 1. The van der Waals surface area contributed by atoms with E-state index in [-0.39, 0.29) is 5.54 Å². The summed E-state index contributed by atoms with van der Waals surface area (Å²) in [6.07, 6.45) is 3.53. The molecule has 0 fully saturated rings. The van der Waals surface area contributed by atoms with Crippen molar-refractivity contribution in [3.63, 3.8) is 0 Å². The van der Waals surface area contributed by atoms with Gasteiger partial charge >= 0.3 is 0 Å². The SMILES string of the molecule is CC1(N=O)C=C1. The maximum atomic E-state index is 9.58. The predicted molar refractivity (Wildman–Crippen MR) is 23.3 cm³/mol. The quantitative estimate of drug-likeness (QED) is 0.344. The van der Waals surface area contributed by atoms with Crippen molar-refractivity contribution in [2.24, 2.45) is 5.18 Å². The minimum absolute atomic E-state index is 0.389. The van der Waals surface area contributed by atoms with Crippen molar-refractivity contribution in [1.29, 1.82) is 0 Å². The van der Waals surface area contributed by atoms with Crippen LogP contribution in [0.2, 0.25) is 0 Å². The fraction of sp³-hybridized carbons (Fsp3) is 0.500. The van der Waals surface area contributed by atoms with Gasteiger partial charge in [0, 0.05) is 0 Å². The second kappa shape index (κ2) is 0.696. The summed E-state index contributed by atoms with van der Waals surface area (Å²) in [5.74, 6) is 0. The van der Waals surface area contributed by atoms with Crippen molar-refractivity contribution in [3.8, 4) is 0 Å². The minimum Gasteiger partial charge on any atom is -0.150 e. The van der Waals surface area contributed by atoms with E-state index < -0.39 is 0 Å². The van der Waals surface area contributed by atoms with E-state index in [2.05, 4.69) is 5.18 Å². The summed E-state index contributed by atoms with van der Waals surface area (Å²) in [7, 11) is 0. The molecule has 0 heterocycles. The molecule has 0 aromatic carbocycles. The predicted octanol–water partition coefficient (Wildman–Crippen LogP) is 1.08. The lowest BCUT2D eigenvalue weighted by molar-refractivity contribution is 0.831. The molecule has 0 unspecified atom stereocenters. The van der Waals surface area contributed by atoms with Crippen molar-refractivity contribution in [2.45, 2.75) is 12.5 Å². The Hall–Kier alpha value is -0.660. The van der Waals surface area contributed by atoms with Gasteiger partial charge in [0.2, 0.25) is 0 Å². The van der Waals surface area contributed by atoms with E-state index >= 15 is 0 Å². The summed E-state index contributed by atoms with van der Waals surface area (Å²) < 4.78 is 0. The fourth-order valence-electron chi connectivity index (χ4n) is 0.181. The van der Waals surface area contributed by atoms with Crippen LogP contribution in [0.15, 0.2) is 17.3 Å². The first kappa shape index (κ1) is 3.53. The van der Waals surface area contributed by atoms with Gasteiger partial charge < -0.3 is 0 Å². The zero-order chi connectivity index (χ0) is 4.62. The van der Waals surface area contributed by atoms with Crippen molar-refractivity contribution < 1.29 is 0 Å². The molecule has 0 atom stereocenters. The summed E-state index contributed by atoms with van der Waals surface area (Å²) in [5, 5.41) is 2.77. The van der Waals surface area contributed by atoms with Crippen LogP contribution in [0, 0.1) is 4.91 Å². The summed E-state index contributed by atoms with van der Waals surface area (Å²) in [6.45, 7) is 1.76. The van der Waals surface area contributed by atoms with Crippen LogP contribution >= 0.6 is 0 Å². The van der Waals surface area contributed by atoms with Gasteiger partial charge in [-0.1, -0.05) is 17.3 Å². The smallest absolute Gasteiger partial charge is 0.136 e. The number of nitrogens with zero attached hydrogens (tertiary/aromatic N) is 1. The molecule has 1 aliphatic carbocycles. The van der Waals surface area contributed by atoms with Gasteiger partial charge in [-0.3, -0.25) is 0 Å². The molecule has 2 nitrogen and oxygen atoms in total. The van der Waals surface area contributed by atoms with E-state index in [9.17, 15) is 4.91 Å². The molecule has 0 radical (unpaired) electrons. The van der Waals surface area contributed by atoms with Crippen LogP contribution < -0.4 is 0 Å². The van der Waals surface area contributed by atoms with Gasteiger partial charge in [-0.05, 0) is 6.92 Å². The Morgan fingerprint density at radius 1 is 1.67 bits per heavy atom. The van der Waals surface area contributed by atoms with Crippen LogP contribution in [0.3, 0.4) is 0 Å². The minimum atomic E-state index is -0.389. The van der Waals surface area contributed by atoms with Gasteiger partial charge in [0.05, 0.1) is 0 Å². The molecule has 0 aromatic heterocycles. The Morgan fingerprint density at radius 2 is 2.17 bits per heavy atom. The van der Waals surface area contributed by atoms with Crippen LogP contribution in [-0.4, -0.2) is 5.54 Å². The first-order chi connectivity index (χ1) is 2.77. The first-order valence-electron chi connectivity index (χ1n) is 1.82. The van der Waals surface area contributed by atoms with Gasteiger partial charge in [0.1, 0.15) is 5.54 Å². The van der Waals surface area contributed by atoms with Crippen LogP contribution in [0.5, 0.6) is 0 Å². The van der Waals surface area contributed by atoms with E-state index in [1.807, 2.05) is 0 Å². The third-order valence-electron chi connectivity index (χ3n) is 0.846. The normalized spacial score (nSPS) is 23.5. The molecular formula is C4H5NO. The molecule has 2 heteroatoms. The summed E-state index contributed by atoms with van der Waals surface area (Å²) >= 11 is 0. The average Bonchev–Trinajstić information content (AvgIpc) is 2.22. The zero-order valence-electron chi connectivity index (χ0n) is 3.51. The second-order valence-electron chi connectivity index (χ2n) is 1.65. The molecule has 0 amide bonds. The Kier molecular flexibility index (Phi) is 0.409. The van der Waals surface area contributed by atoms with Crippen molar-refractivity contribution in [1.82, 2.24) is 0 Å². The summed E-state index contributed by atoms with van der Waals surface area (Å²) in [6, 6.07) is 0. The van der Waals surface area contributed by atoms with Gasteiger partial charge in [0.25, 0.3) is 0 Å². The van der Waals surface area contributed by atoms with Gasteiger partial charge in [-0.15, -0.1) is 4.91 Å². The Labute approximate surface area is 35.8 Å². The first-order valence-corrected chi connectivity index (χ1v) is 1.82. The van der Waals surface area contributed by atoms with E-state index in [0.29, 0.717) is 0 Å². The monoisotopic (exact) mass is 83.0 g/mol. The van der Waals surface area contributed by atoms with Gasteiger partial charge in [0.15, 0.2) is 0 Å². The fourth-order valence-corrected chi connectivity index (χ4v) is 0.181. The van der Waals surface area contributed by atoms with Crippen LogP contribution in [0.25, 0.3) is 0 Å². The number of hydrogen-bond acceptors (Lipinski definition) is 2. The highest BCUT2D eigenvalue weighted by molar-refractivity contribution is 5.31. The highest BCUT2D eigenvalue weighted by atomic mass is 16.3. The van der Waals surface area contributed by atoms with Crippen LogP contribution in [0.1, 0.15) is 6.92 Å². The molecule has 1 rings (SSSR count). The van der Waals surface area contributed by atoms with Crippen molar-refractivity contribution in [3.05, 3.63) is 17.1 Å². The zero-order valence-corrected chi connectivity index (χ0v) is 3.51. The third-order valence-corrected chi connectivity index (χ3v) is 0.846. The molecule has 0 saturated carbocycles. The van der Waals surface area contributed by atoms with Gasteiger partial charge in [-0.25, -0.2) is 0 Å². The standard InChI is InChI=1S/C4H5NO/c1-4(5-6)2-3-4/h2-3H,1H3. The topological polar surface area (TPSA) is 29.4 Å². The molecule has 0 aliphatic heterocycles. The van der Waals surface area contributed by atoms with E-state index in [1.165, 1.54) is 0 Å². The lowest BCUT2D eigenvalue weighted by Gasteiger charge is -1.86. The molecule has 1 aliphatic rings. The lowest BCUT2D eigenvalue weighted by Crippen LogP contribution is -1.94. The summed E-state index contributed by atoms with van der Waals surface area (Å²) in [5.41, 5.74) is -0.389. The van der Waals surface area contributed by atoms with Gasteiger partial charge in [-0.2, -0.15) is 0 Å². The largest absolute Gasteiger partial charge is 0.150 e. The highest BCUT2D eigenvalue weighted by Crippen LogP contribution is 2.25. The molecule has 6 heavy (non-hydrogen) atoms. The summed E-state index contributed by atoms with van der Waals surface area (Å²) in [4.78, 5) is 9.58. The highest BCUT2D eigenvalue weighted by Gasteiger charge is 2.28. The third kappa shape index (κ3) is 0.339. The maximum absolute atomic E-state index is 9.58. The van der Waals surface area contributed by atoms with Crippen molar-refractivity contribution in [2.75, 3.05) is 0 Å². The van der Waals surface area contributed by atoms with E-state index in [4.69, 9.17) is 0 Å². The second-order valence-corrected chi connectivity index (χ2v) is 1.65. The molecule has 0 spiro atoms. The molecule has 32 valence electrons. The Balaban J connectivity index is 2.52. The molecule has 0 aromatic rings. The van der Waals surface area contributed by atoms with Crippen LogP contribution in [-0.2, 0) is 0 Å². The maximum Gasteiger partial charge on any atom is 0.136 e. The Morgan fingerprint density at radius 3 is 2.17 bits per heavy atom. The van der Waals surface area contributed by atoms with Crippen molar-refractivity contribution >= 4 is 0 Å². The molecular weight excluding hydrogens is 78.0 g/mol. The number of rotatable bonds is 1. The molecule has 0 bridgehead atoms. The molecule has 0 N–H and O–H groups in total. The lowest BCUT2D eigenvalue weighted by atomic mass is 10.3. The van der Waals surface area contributed by atoms with E-state index in [1.54, 1.807) is 19.1 Å².